The van der Waals surface area contributed by atoms with Gasteiger partial charge in [0.15, 0.2) is 11.5 Å². The highest BCUT2D eigenvalue weighted by atomic mass is 32.1. The van der Waals surface area contributed by atoms with Crippen LogP contribution < -0.4 is 10.1 Å². The molecule has 0 amide bonds. The van der Waals surface area contributed by atoms with Crippen molar-refractivity contribution < 1.29 is 9.84 Å². The highest BCUT2D eigenvalue weighted by Crippen LogP contribution is 2.36. The van der Waals surface area contributed by atoms with Crippen LogP contribution in [0.1, 0.15) is 23.4 Å². The minimum atomic E-state index is 0.204. The molecule has 2 aromatic rings. The van der Waals surface area contributed by atoms with Crippen LogP contribution in [0, 0.1) is 0 Å². The summed E-state index contributed by atoms with van der Waals surface area (Å²) in [5.74, 6) is 0.771. The third-order valence-electron chi connectivity index (χ3n) is 3.93. The van der Waals surface area contributed by atoms with Crippen LogP contribution in [0.2, 0.25) is 0 Å². The Morgan fingerprint density at radius 2 is 2.14 bits per heavy atom. The van der Waals surface area contributed by atoms with Gasteiger partial charge < -0.3 is 15.2 Å². The van der Waals surface area contributed by atoms with Crippen LogP contribution in [0.25, 0.3) is 0 Å². The van der Waals surface area contributed by atoms with Gasteiger partial charge in [0, 0.05) is 31.1 Å². The number of ether oxygens (including phenoxy) is 1. The second-order valence-corrected chi connectivity index (χ2v) is 6.34. The van der Waals surface area contributed by atoms with E-state index >= 15 is 0 Å². The smallest absolute Gasteiger partial charge is 0.161 e. The van der Waals surface area contributed by atoms with E-state index in [-0.39, 0.29) is 11.8 Å². The van der Waals surface area contributed by atoms with Crippen molar-refractivity contribution in [2.24, 2.45) is 0 Å². The lowest BCUT2D eigenvalue weighted by molar-refractivity contribution is 0.200. The Bertz CT molecular complexity index is 595. The van der Waals surface area contributed by atoms with Gasteiger partial charge in [-0.25, -0.2) is 0 Å². The van der Waals surface area contributed by atoms with Gasteiger partial charge >= 0.3 is 0 Å². The SMILES string of the molecule is CCOc1cc([C@@H](c2cccs2)N2CCNCC2)ccc1O. The fourth-order valence-electron chi connectivity index (χ4n) is 2.91. The average molecular weight is 318 g/mol. The molecule has 22 heavy (non-hydrogen) atoms. The zero-order chi connectivity index (χ0) is 15.4. The first-order chi connectivity index (χ1) is 10.8. The summed E-state index contributed by atoms with van der Waals surface area (Å²) in [5, 5.41) is 15.5. The number of nitrogens with zero attached hydrogens (tertiary/aromatic N) is 1. The van der Waals surface area contributed by atoms with Gasteiger partial charge in [0.1, 0.15) is 0 Å². The zero-order valence-corrected chi connectivity index (χ0v) is 13.6. The summed E-state index contributed by atoms with van der Waals surface area (Å²) in [7, 11) is 0. The molecule has 1 aliphatic heterocycles. The number of rotatable bonds is 5. The van der Waals surface area contributed by atoms with Crippen LogP contribution in [0.3, 0.4) is 0 Å². The third kappa shape index (κ3) is 3.27. The molecule has 2 N–H and O–H groups in total. The van der Waals surface area contributed by atoms with E-state index in [2.05, 4.69) is 27.7 Å². The maximum atomic E-state index is 9.94. The van der Waals surface area contributed by atoms with E-state index < -0.39 is 0 Å². The quantitative estimate of drug-likeness (QED) is 0.890. The van der Waals surface area contributed by atoms with Gasteiger partial charge in [0.2, 0.25) is 0 Å². The lowest BCUT2D eigenvalue weighted by Gasteiger charge is -2.35. The highest BCUT2D eigenvalue weighted by molar-refractivity contribution is 7.10. The molecule has 1 aromatic carbocycles. The molecule has 0 aliphatic carbocycles. The van der Waals surface area contributed by atoms with Gasteiger partial charge in [-0.15, -0.1) is 11.3 Å². The molecule has 1 aromatic heterocycles. The molecule has 2 heterocycles. The molecule has 0 bridgehead atoms. The Kier molecular flexibility index (Phi) is 4.97. The molecule has 0 unspecified atom stereocenters. The second-order valence-electron chi connectivity index (χ2n) is 5.36. The molecule has 3 rings (SSSR count). The number of benzene rings is 1. The van der Waals surface area contributed by atoms with Crippen molar-refractivity contribution >= 4 is 11.3 Å². The van der Waals surface area contributed by atoms with Crippen molar-refractivity contribution in [2.75, 3.05) is 32.8 Å². The number of hydrogen-bond acceptors (Lipinski definition) is 5. The van der Waals surface area contributed by atoms with Crippen LogP contribution in [-0.4, -0.2) is 42.8 Å². The maximum absolute atomic E-state index is 9.94. The molecular formula is C17H22N2O2S. The summed E-state index contributed by atoms with van der Waals surface area (Å²) in [4.78, 5) is 3.82. The number of thiophene rings is 1. The Morgan fingerprint density at radius 1 is 1.32 bits per heavy atom. The van der Waals surface area contributed by atoms with Gasteiger partial charge in [0.25, 0.3) is 0 Å². The number of phenolic OH excluding ortho intramolecular Hbond substituents is 1. The van der Waals surface area contributed by atoms with Gasteiger partial charge in [-0.05, 0) is 36.1 Å². The molecular weight excluding hydrogens is 296 g/mol. The Labute approximate surface area is 135 Å². The Balaban J connectivity index is 1.96. The van der Waals surface area contributed by atoms with Crippen molar-refractivity contribution in [2.45, 2.75) is 13.0 Å². The van der Waals surface area contributed by atoms with Crippen molar-refractivity contribution in [1.29, 1.82) is 0 Å². The summed E-state index contributed by atoms with van der Waals surface area (Å²) >= 11 is 1.78. The van der Waals surface area contributed by atoms with Crippen LogP contribution in [0.15, 0.2) is 35.7 Å². The Hall–Kier alpha value is -1.56. The monoisotopic (exact) mass is 318 g/mol. The first-order valence-electron chi connectivity index (χ1n) is 7.73. The van der Waals surface area contributed by atoms with Gasteiger partial charge in [-0.1, -0.05) is 12.1 Å². The first kappa shape index (κ1) is 15.3. The number of piperazine rings is 1. The van der Waals surface area contributed by atoms with E-state index in [1.54, 1.807) is 17.4 Å². The molecule has 0 radical (unpaired) electrons. The predicted octanol–water partition coefficient (Wildman–Crippen LogP) is 2.85. The van der Waals surface area contributed by atoms with Crippen LogP contribution in [-0.2, 0) is 0 Å². The summed E-state index contributed by atoms with van der Waals surface area (Å²) in [6, 6.07) is 10.2. The average Bonchev–Trinajstić information content (AvgIpc) is 3.06. The van der Waals surface area contributed by atoms with Crippen LogP contribution in [0.5, 0.6) is 11.5 Å². The summed E-state index contributed by atoms with van der Waals surface area (Å²) < 4.78 is 5.55. The molecule has 1 atom stereocenters. The fourth-order valence-corrected chi connectivity index (χ4v) is 3.80. The summed E-state index contributed by atoms with van der Waals surface area (Å²) in [6.45, 7) is 6.55. The van der Waals surface area contributed by atoms with Crippen LogP contribution in [0.4, 0.5) is 0 Å². The highest BCUT2D eigenvalue weighted by Gasteiger charge is 2.25. The van der Waals surface area contributed by atoms with Gasteiger partial charge in [-0.2, -0.15) is 0 Å². The van der Waals surface area contributed by atoms with E-state index in [4.69, 9.17) is 4.74 Å². The molecule has 0 saturated carbocycles. The largest absolute Gasteiger partial charge is 0.504 e. The van der Waals surface area contributed by atoms with E-state index in [1.807, 2.05) is 19.1 Å². The molecule has 1 aliphatic rings. The molecule has 5 heteroatoms. The minimum Gasteiger partial charge on any atom is -0.504 e. The standard InChI is InChI=1S/C17H22N2O2S/c1-2-21-15-12-13(5-6-14(15)20)17(16-4-3-11-22-16)19-9-7-18-8-10-19/h3-6,11-12,17-18,20H,2,7-10H2,1H3/t17-/m0/s1. The van der Waals surface area contributed by atoms with E-state index in [1.165, 1.54) is 10.4 Å². The van der Waals surface area contributed by atoms with E-state index in [0.717, 1.165) is 26.2 Å². The lowest BCUT2D eigenvalue weighted by Crippen LogP contribution is -2.45. The molecule has 4 nitrogen and oxygen atoms in total. The number of phenols is 1. The van der Waals surface area contributed by atoms with Gasteiger partial charge in [0.05, 0.1) is 12.6 Å². The van der Waals surface area contributed by atoms with Crippen LogP contribution >= 0.6 is 11.3 Å². The van der Waals surface area contributed by atoms with Crippen molar-refractivity contribution in [3.8, 4) is 11.5 Å². The summed E-state index contributed by atoms with van der Waals surface area (Å²) in [6.07, 6.45) is 0. The number of nitrogens with one attached hydrogen (secondary N) is 1. The van der Waals surface area contributed by atoms with Crippen molar-refractivity contribution in [1.82, 2.24) is 10.2 Å². The van der Waals surface area contributed by atoms with E-state index in [9.17, 15) is 5.11 Å². The molecule has 118 valence electrons. The van der Waals surface area contributed by atoms with Gasteiger partial charge in [-0.3, -0.25) is 4.90 Å². The fraction of sp³-hybridized carbons (Fsp3) is 0.412. The van der Waals surface area contributed by atoms with E-state index in [0.29, 0.717) is 12.4 Å². The minimum absolute atomic E-state index is 0.204. The lowest BCUT2D eigenvalue weighted by atomic mass is 10.0. The maximum Gasteiger partial charge on any atom is 0.161 e. The zero-order valence-electron chi connectivity index (χ0n) is 12.8. The van der Waals surface area contributed by atoms with Crippen molar-refractivity contribution in [3.05, 3.63) is 46.2 Å². The summed E-state index contributed by atoms with van der Waals surface area (Å²) in [5.41, 5.74) is 1.17. The topological polar surface area (TPSA) is 44.7 Å². The molecule has 1 fully saturated rings. The normalized spacial score (nSPS) is 17.3. The predicted molar refractivity (Wildman–Crippen MR) is 89.9 cm³/mol. The Morgan fingerprint density at radius 3 is 2.82 bits per heavy atom. The molecule has 1 saturated heterocycles. The number of aromatic hydroxyl groups is 1. The first-order valence-corrected chi connectivity index (χ1v) is 8.61. The second kappa shape index (κ2) is 7.13. The van der Waals surface area contributed by atoms with Crippen molar-refractivity contribution in [3.63, 3.8) is 0 Å². The number of hydrogen-bond donors (Lipinski definition) is 2. The molecule has 0 spiro atoms. The third-order valence-corrected chi connectivity index (χ3v) is 4.85.